The molecule has 3 N–H and O–H groups in total. The summed E-state index contributed by atoms with van der Waals surface area (Å²) in [5, 5.41) is 5.05. The summed E-state index contributed by atoms with van der Waals surface area (Å²) in [6, 6.07) is 4.14. The van der Waals surface area contributed by atoms with Crippen molar-refractivity contribution >= 4 is 17.2 Å². The van der Waals surface area contributed by atoms with Gasteiger partial charge in [0.05, 0.1) is 11.5 Å². The largest absolute Gasteiger partial charge is 0.348 e. The zero-order valence-electron chi connectivity index (χ0n) is 8.82. The zero-order chi connectivity index (χ0) is 10.9. The van der Waals surface area contributed by atoms with Crippen LogP contribution in [-0.4, -0.2) is 12.5 Å². The highest BCUT2D eigenvalue weighted by Gasteiger charge is 2.48. The standard InChI is InChI=1S/C11H16N2OS/c1-8(9-3-2-6-15-9)13-10(14)11(7-12)4-5-11/h2-3,6,8H,4-5,7,12H2,1H3,(H,13,14)/t8-/m1/s1. The van der Waals surface area contributed by atoms with Gasteiger partial charge in [-0.15, -0.1) is 11.3 Å². The maximum Gasteiger partial charge on any atom is 0.227 e. The third-order valence-electron chi connectivity index (χ3n) is 3.04. The van der Waals surface area contributed by atoms with Gasteiger partial charge in [0.2, 0.25) is 5.91 Å². The van der Waals surface area contributed by atoms with Crippen LogP contribution in [0.2, 0.25) is 0 Å². The summed E-state index contributed by atoms with van der Waals surface area (Å²) >= 11 is 1.67. The van der Waals surface area contributed by atoms with Gasteiger partial charge in [-0.1, -0.05) is 6.07 Å². The summed E-state index contributed by atoms with van der Waals surface area (Å²) in [6.45, 7) is 2.48. The minimum absolute atomic E-state index is 0.0986. The summed E-state index contributed by atoms with van der Waals surface area (Å²) in [6.07, 6.45) is 1.87. The minimum Gasteiger partial charge on any atom is -0.348 e. The molecule has 2 rings (SSSR count). The molecule has 0 unspecified atom stereocenters. The maximum absolute atomic E-state index is 11.9. The highest BCUT2D eigenvalue weighted by molar-refractivity contribution is 7.10. The first-order valence-electron chi connectivity index (χ1n) is 5.22. The maximum atomic E-state index is 11.9. The molecule has 0 saturated heterocycles. The zero-order valence-corrected chi connectivity index (χ0v) is 9.64. The first-order valence-corrected chi connectivity index (χ1v) is 6.10. The van der Waals surface area contributed by atoms with Gasteiger partial charge in [-0.3, -0.25) is 4.79 Å². The smallest absolute Gasteiger partial charge is 0.227 e. The number of carbonyl (C=O) groups is 1. The summed E-state index contributed by atoms with van der Waals surface area (Å²) in [7, 11) is 0. The van der Waals surface area contributed by atoms with Crippen LogP contribution in [0.25, 0.3) is 0 Å². The Hall–Kier alpha value is -0.870. The number of rotatable bonds is 4. The van der Waals surface area contributed by atoms with E-state index in [0.29, 0.717) is 6.54 Å². The lowest BCUT2D eigenvalue weighted by Gasteiger charge is -2.17. The lowest BCUT2D eigenvalue weighted by molar-refractivity contribution is -0.126. The molecular formula is C11H16N2OS. The highest BCUT2D eigenvalue weighted by atomic mass is 32.1. The van der Waals surface area contributed by atoms with Gasteiger partial charge in [0.1, 0.15) is 0 Å². The molecule has 0 spiro atoms. The van der Waals surface area contributed by atoms with Crippen molar-refractivity contribution in [2.75, 3.05) is 6.54 Å². The summed E-state index contributed by atoms with van der Waals surface area (Å²) < 4.78 is 0. The van der Waals surface area contributed by atoms with Crippen molar-refractivity contribution in [2.45, 2.75) is 25.8 Å². The van der Waals surface area contributed by atoms with E-state index in [-0.39, 0.29) is 17.4 Å². The van der Waals surface area contributed by atoms with Crippen LogP contribution < -0.4 is 11.1 Å². The molecule has 1 amide bonds. The number of carbonyl (C=O) groups excluding carboxylic acids is 1. The van der Waals surface area contributed by atoms with Gasteiger partial charge in [0.15, 0.2) is 0 Å². The molecule has 1 aromatic heterocycles. The van der Waals surface area contributed by atoms with Crippen LogP contribution in [-0.2, 0) is 4.79 Å². The van der Waals surface area contributed by atoms with E-state index in [2.05, 4.69) is 5.32 Å². The number of thiophene rings is 1. The summed E-state index contributed by atoms with van der Waals surface area (Å²) in [4.78, 5) is 13.1. The highest BCUT2D eigenvalue weighted by Crippen LogP contribution is 2.45. The Bertz CT molecular complexity index is 343. The summed E-state index contributed by atoms with van der Waals surface area (Å²) in [5.74, 6) is 0.117. The SMILES string of the molecule is C[C@@H](NC(=O)C1(CN)CC1)c1cccs1. The number of nitrogens with two attached hydrogens (primary N) is 1. The molecule has 4 heteroatoms. The van der Waals surface area contributed by atoms with Crippen molar-refractivity contribution in [1.82, 2.24) is 5.32 Å². The second-order valence-corrected chi connectivity index (χ2v) is 5.17. The van der Waals surface area contributed by atoms with Gasteiger partial charge in [-0.2, -0.15) is 0 Å². The molecular weight excluding hydrogens is 208 g/mol. The molecule has 0 bridgehead atoms. The van der Waals surface area contributed by atoms with Gasteiger partial charge in [-0.05, 0) is 31.2 Å². The van der Waals surface area contributed by atoms with E-state index < -0.39 is 0 Å². The van der Waals surface area contributed by atoms with Crippen molar-refractivity contribution in [3.63, 3.8) is 0 Å². The Morgan fingerprint density at radius 1 is 1.73 bits per heavy atom. The average molecular weight is 224 g/mol. The van der Waals surface area contributed by atoms with Crippen molar-refractivity contribution in [3.8, 4) is 0 Å². The van der Waals surface area contributed by atoms with Crippen LogP contribution in [0, 0.1) is 5.41 Å². The summed E-state index contributed by atoms with van der Waals surface area (Å²) in [5.41, 5.74) is 5.36. The number of hydrogen-bond donors (Lipinski definition) is 2. The molecule has 0 aliphatic heterocycles. The van der Waals surface area contributed by atoms with Crippen LogP contribution in [0.4, 0.5) is 0 Å². The van der Waals surface area contributed by atoms with Crippen molar-refractivity contribution in [1.29, 1.82) is 0 Å². The minimum atomic E-state index is -0.245. The van der Waals surface area contributed by atoms with Gasteiger partial charge < -0.3 is 11.1 Å². The van der Waals surface area contributed by atoms with E-state index >= 15 is 0 Å². The molecule has 1 aliphatic carbocycles. The Morgan fingerprint density at radius 3 is 2.93 bits per heavy atom. The molecule has 0 radical (unpaired) electrons. The number of hydrogen-bond acceptors (Lipinski definition) is 3. The molecule has 1 fully saturated rings. The molecule has 1 aromatic rings. The van der Waals surface area contributed by atoms with Crippen molar-refractivity contribution in [3.05, 3.63) is 22.4 Å². The van der Waals surface area contributed by atoms with Gasteiger partial charge in [0, 0.05) is 11.4 Å². The fraction of sp³-hybridized carbons (Fsp3) is 0.545. The van der Waals surface area contributed by atoms with E-state index in [1.807, 2.05) is 24.4 Å². The van der Waals surface area contributed by atoms with E-state index in [0.717, 1.165) is 12.8 Å². The van der Waals surface area contributed by atoms with E-state index in [4.69, 9.17) is 5.73 Å². The molecule has 1 atom stereocenters. The Labute approximate surface area is 93.7 Å². The quantitative estimate of drug-likeness (QED) is 0.817. The van der Waals surface area contributed by atoms with Crippen LogP contribution in [0.1, 0.15) is 30.7 Å². The third-order valence-corrected chi connectivity index (χ3v) is 4.10. The molecule has 15 heavy (non-hydrogen) atoms. The van der Waals surface area contributed by atoms with Crippen molar-refractivity contribution < 1.29 is 4.79 Å². The van der Waals surface area contributed by atoms with Crippen LogP contribution in [0.15, 0.2) is 17.5 Å². The van der Waals surface area contributed by atoms with Crippen LogP contribution >= 0.6 is 11.3 Å². The Balaban J connectivity index is 1.95. The normalized spacial score (nSPS) is 19.6. The molecule has 82 valence electrons. The topological polar surface area (TPSA) is 55.1 Å². The second kappa shape index (κ2) is 3.94. The van der Waals surface area contributed by atoms with Crippen LogP contribution in [0.3, 0.4) is 0 Å². The second-order valence-electron chi connectivity index (χ2n) is 4.20. The number of amides is 1. The predicted octanol–water partition coefficient (Wildman–Crippen LogP) is 1.66. The lowest BCUT2D eigenvalue weighted by atomic mass is 10.1. The predicted molar refractivity (Wildman–Crippen MR) is 61.6 cm³/mol. The first kappa shape index (κ1) is 10.6. The molecule has 1 saturated carbocycles. The lowest BCUT2D eigenvalue weighted by Crippen LogP contribution is -2.37. The van der Waals surface area contributed by atoms with Gasteiger partial charge >= 0.3 is 0 Å². The van der Waals surface area contributed by atoms with Gasteiger partial charge in [-0.25, -0.2) is 0 Å². The molecule has 0 aromatic carbocycles. The fourth-order valence-electron chi connectivity index (χ4n) is 1.63. The van der Waals surface area contributed by atoms with E-state index in [1.165, 1.54) is 4.88 Å². The van der Waals surface area contributed by atoms with E-state index in [1.54, 1.807) is 11.3 Å². The molecule has 1 heterocycles. The van der Waals surface area contributed by atoms with Crippen LogP contribution in [0.5, 0.6) is 0 Å². The number of nitrogens with one attached hydrogen (secondary N) is 1. The van der Waals surface area contributed by atoms with Crippen molar-refractivity contribution in [2.24, 2.45) is 11.1 Å². The average Bonchev–Trinajstić information content (AvgIpc) is 2.84. The molecule has 3 nitrogen and oxygen atoms in total. The fourth-order valence-corrected chi connectivity index (χ4v) is 2.37. The monoisotopic (exact) mass is 224 g/mol. The third kappa shape index (κ3) is 2.06. The van der Waals surface area contributed by atoms with E-state index in [9.17, 15) is 4.79 Å². The first-order chi connectivity index (χ1) is 7.18. The Morgan fingerprint density at radius 2 is 2.47 bits per heavy atom. The molecule has 1 aliphatic rings. The van der Waals surface area contributed by atoms with Gasteiger partial charge in [0.25, 0.3) is 0 Å². The Kier molecular flexibility index (Phi) is 2.80.